The summed E-state index contributed by atoms with van der Waals surface area (Å²) in [7, 11) is 0. The zero-order valence-corrected chi connectivity index (χ0v) is 10.6. The molecule has 2 unspecified atom stereocenters. The Bertz CT molecular complexity index is 459. The molecular weight excluding hydrogens is 290 g/mol. The minimum Gasteiger partial charge on any atom is -0.479 e. The lowest BCUT2D eigenvalue weighted by Crippen LogP contribution is -2.17. The Hall–Kier alpha value is -1.40. The predicted molar refractivity (Wildman–Crippen MR) is 66.2 cm³/mol. The third kappa shape index (κ3) is 2.83. The molecule has 0 fully saturated rings. The lowest BCUT2D eigenvalue weighted by molar-refractivity contribution is -0.146. The molecule has 2 atom stereocenters. The molecule has 92 valence electrons. The van der Waals surface area contributed by atoms with Gasteiger partial charge in [-0.1, -0.05) is 28.1 Å². The van der Waals surface area contributed by atoms with Gasteiger partial charge in [-0.25, -0.2) is 4.79 Å². The Morgan fingerprint density at radius 3 is 2.47 bits per heavy atom. The minimum atomic E-state index is -1.73. The molecule has 0 radical (unpaired) electrons. The quantitative estimate of drug-likeness (QED) is 0.443. The van der Waals surface area contributed by atoms with Crippen LogP contribution < -0.4 is 5.73 Å². The van der Waals surface area contributed by atoms with E-state index in [4.69, 9.17) is 10.8 Å². The van der Waals surface area contributed by atoms with Crippen molar-refractivity contribution in [2.45, 2.75) is 17.9 Å². The van der Waals surface area contributed by atoms with Crippen molar-refractivity contribution in [1.82, 2.24) is 0 Å². The van der Waals surface area contributed by atoms with Crippen molar-refractivity contribution in [2.75, 3.05) is 5.73 Å². The van der Waals surface area contributed by atoms with Gasteiger partial charge in [-0.2, -0.15) is 0 Å². The van der Waals surface area contributed by atoms with E-state index in [9.17, 15) is 14.7 Å². The third-order valence-corrected chi connectivity index (χ3v) is 2.71. The number of nitrogen functional groups attached to an aromatic ring is 1. The molecular formula is C11H12BrNO4. The SMILES string of the molecule is CC(Br)C(=O)c1cccc(C(O)C(=O)O)c1N. The number of hydrogen-bond acceptors (Lipinski definition) is 4. The first-order chi connectivity index (χ1) is 7.86. The second kappa shape index (κ2) is 5.29. The summed E-state index contributed by atoms with van der Waals surface area (Å²) < 4.78 is 0. The number of aliphatic carboxylic acids is 1. The lowest BCUT2D eigenvalue weighted by Gasteiger charge is -2.13. The molecule has 0 aromatic heterocycles. The van der Waals surface area contributed by atoms with Crippen LogP contribution in [0, 0.1) is 0 Å². The molecule has 0 saturated heterocycles. The maximum atomic E-state index is 11.8. The summed E-state index contributed by atoms with van der Waals surface area (Å²) in [4.78, 5) is 22.0. The van der Waals surface area contributed by atoms with Crippen LogP contribution in [-0.2, 0) is 4.79 Å². The molecule has 0 bridgehead atoms. The number of benzene rings is 1. The van der Waals surface area contributed by atoms with Crippen LogP contribution in [-0.4, -0.2) is 26.8 Å². The van der Waals surface area contributed by atoms with Crippen LogP contribution in [0.2, 0.25) is 0 Å². The Kier molecular flexibility index (Phi) is 4.25. The number of carbonyl (C=O) groups is 2. The zero-order chi connectivity index (χ0) is 13.2. The van der Waals surface area contributed by atoms with Gasteiger partial charge in [-0.05, 0) is 13.0 Å². The number of ketones is 1. The predicted octanol–water partition coefficient (Wildman–Crippen LogP) is 1.35. The summed E-state index contributed by atoms with van der Waals surface area (Å²) in [5.74, 6) is -1.67. The van der Waals surface area contributed by atoms with Gasteiger partial charge in [0.15, 0.2) is 11.9 Å². The Morgan fingerprint density at radius 1 is 1.41 bits per heavy atom. The third-order valence-electron chi connectivity index (χ3n) is 2.30. The molecule has 0 aliphatic rings. The molecule has 5 nitrogen and oxygen atoms in total. The highest BCUT2D eigenvalue weighted by atomic mass is 79.9. The van der Waals surface area contributed by atoms with Crippen molar-refractivity contribution in [3.05, 3.63) is 29.3 Å². The Morgan fingerprint density at radius 2 is 2.00 bits per heavy atom. The molecule has 4 N–H and O–H groups in total. The van der Waals surface area contributed by atoms with Gasteiger partial charge in [-0.3, -0.25) is 4.79 Å². The molecule has 1 rings (SSSR count). The molecule has 6 heteroatoms. The number of nitrogens with two attached hydrogens (primary N) is 1. The maximum absolute atomic E-state index is 11.8. The van der Waals surface area contributed by atoms with Crippen molar-refractivity contribution < 1.29 is 19.8 Å². The second-order valence-corrected chi connectivity index (χ2v) is 4.90. The summed E-state index contributed by atoms with van der Waals surface area (Å²) in [6, 6.07) is 4.36. The minimum absolute atomic E-state index is 0.00120. The van der Waals surface area contributed by atoms with Crippen molar-refractivity contribution in [2.24, 2.45) is 0 Å². The van der Waals surface area contributed by atoms with Gasteiger partial charge in [0.25, 0.3) is 0 Å². The first-order valence-corrected chi connectivity index (χ1v) is 5.75. The molecule has 17 heavy (non-hydrogen) atoms. The summed E-state index contributed by atoms with van der Waals surface area (Å²) in [6.45, 7) is 1.64. The number of carboxylic acids is 1. The van der Waals surface area contributed by atoms with Gasteiger partial charge in [0.05, 0.1) is 4.83 Å². The molecule has 1 aromatic rings. The normalized spacial score (nSPS) is 14.1. The molecule has 0 saturated carbocycles. The standard InChI is InChI=1S/C11H12BrNO4/c1-5(12)9(14)6-3-2-4-7(8(6)13)10(15)11(16)17/h2-5,10,15H,13H2,1H3,(H,16,17). The zero-order valence-electron chi connectivity index (χ0n) is 9.05. The fourth-order valence-electron chi connectivity index (χ4n) is 1.38. The van der Waals surface area contributed by atoms with E-state index in [1.54, 1.807) is 6.92 Å². The van der Waals surface area contributed by atoms with Gasteiger partial charge in [0, 0.05) is 16.8 Å². The highest BCUT2D eigenvalue weighted by Crippen LogP contribution is 2.26. The van der Waals surface area contributed by atoms with Crippen LogP contribution in [0.1, 0.15) is 28.9 Å². The van der Waals surface area contributed by atoms with E-state index >= 15 is 0 Å². The van der Waals surface area contributed by atoms with E-state index in [2.05, 4.69) is 15.9 Å². The fraction of sp³-hybridized carbons (Fsp3) is 0.273. The average molecular weight is 302 g/mol. The Labute approximate surface area is 106 Å². The van der Waals surface area contributed by atoms with E-state index < -0.39 is 16.9 Å². The molecule has 0 aliphatic carbocycles. The van der Waals surface area contributed by atoms with Crippen molar-refractivity contribution in [3.8, 4) is 0 Å². The second-order valence-electron chi connectivity index (χ2n) is 3.53. The molecule has 0 amide bonds. The van der Waals surface area contributed by atoms with E-state index in [1.807, 2.05) is 0 Å². The fourth-order valence-corrected chi connectivity index (χ4v) is 1.63. The molecule has 1 aromatic carbocycles. The van der Waals surface area contributed by atoms with Gasteiger partial charge in [0.2, 0.25) is 0 Å². The summed E-state index contributed by atoms with van der Waals surface area (Å²) >= 11 is 3.12. The largest absolute Gasteiger partial charge is 0.479 e. The van der Waals surface area contributed by atoms with Gasteiger partial charge < -0.3 is 15.9 Å². The number of para-hydroxylation sites is 1. The number of rotatable bonds is 4. The average Bonchev–Trinajstić information content (AvgIpc) is 2.27. The number of aliphatic hydroxyl groups is 1. The van der Waals surface area contributed by atoms with Crippen molar-refractivity contribution in [1.29, 1.82) is 0 Å². The van der Waals surface area contributed by atoms with Crippen LogP contribution in [0.5, 0.6) is 0 Å². The summed E-state index contributed by atoms with van der Waals surface area (Å²) in [6.07, 6.45) is -1.73. The van der Waals surface area contributed by atoms with E-state index in [0.717, 1.165) is 0 Å². The van der Waals surface area contributed by atoms with Gasteiger partial charge >= 0.3 is 5.97 Å². The number of Topliss-reactive ketones (excluding diaryl/α,β-unsaturated/α-hetero) is 1. The van der Waals surface area contributed by atoms with Gasteiger partial charge in [0.1, 0.15) is 0 Å². The van der Waals surface area contributed by atoms with Gasteiger partial charge in [-0.15, -0.1) is 0 Å². The molecule has 0 heterocycles. The number of carboxylic acid groups (broad SMARTS) is 1. The Balaban J connectivity index is 3.25. The lowest BCUT2D eigenvalue weighted by atomic mass is 9.99. The summed E-state index contributed by atoms with van der Waals surface area (Å²) in [5, 5.41) is 18.1. The number of halogens is 1. The number of anilines is 1. The van der Waals surface area contributed by atoms with Crippen LogP contribution in [0.3, 0.4) is 0 Å². The maximum Gasteiger partial charge on any atom is 0.337 e. The monoisotopic (exact) mass is 301 g/mol. The number of carbonyl (C=O) groups excluding carboxylic acids is 1. The van der Waals surface area contributed by atoms with E-state index in [1.165, 1.54) is 18.2 Å². The van der Waals surface area contributed by atoms with E-state index in [-0.39, 0.29) is 22.6 Å². The molecule has 0 spiro atoms. The number of aliphatic hydroxyl groups excluding tert-OH is 1. The van der Waals surface area contributed by atoms with Crippen molar-refractivity contribution >= 4 is 33.4 Å². The van der Waals surface area contributed by atoms with Crippen LogP contribution in [0.4, 0.5) is 5.69 Å². The topological polar surface area (TPSA) is 101 Å². The highest BCUT2D eigenvalue weighted by molar-refractivity contribution is 9.10. The van der Waals surface area contributed by atoms with Crippen LogP contribution in [0.15, 0.2) is 18.2 Å². The highest BCUT2D eigenvalue weighted by Gasteiger charge is 2.23. The smallest absolute Gasteiger partial charge is 0.337 e. The molecule has 0 aliphatic heterocycles. The van der Waals surface area contributed by atoms with E-state index in [0.29, 0.717) is 0 Å². The number of alkyl halides is 1. The number of hydrogen-bond donors (Lipinski definition) is 3. The first-order valence-electron chi connectivity index (χ1n) is 4.83. The van der Waals surface area contributed by atoms with Crippen LogP contribution in [0.25, 0.3) is 0 Å². The summed E-state index contributed by atoms with van der Waals surface area (Å²) in [5.41, 5.74) is 5.92. The van der Waals surface area contributed by atoms with Crippen molar-refractivity contribution in [3.63, 3.8) is 0 Å². The first kappa shape index (κ1) is 13.7. The van der Waals surface area contributed by atoms with Crippen LogP contribution >= 0.6 is 15.9 Å².